The minimum absolute atomic E-state index is 3.57. The number of halogens is 13. The molecule has 0 N–H and O–H groups in total. The second-order valence-corrected chi connectivity index (χ2v) is 3.68. The first kappa shape index (κ1) is 17.8. The molecule has 1 heterocycles. The Bertz CT molecular complexity index is 447. The summed E-state index contributed by atoms with van der Waals surface area (Å²) in [6.07, 6.45) is -4.13. The predicted octanol–water partition coefficient (Wildman–Crippen LogP) is 4.43. The Kier molecular flexibility index (Phi) is 3.54. The first-order chi connectivity index (χ1) is 8.97. The molecule has 0 atom stereocenters. The molecule has 1 saturated heterocycles. The Labute approximate surface area is 105 Å². The van der Waals surface area contributed by atoms with Crippen LogP contribution >= 0.6 is 0 Å². The van der Waals surface area contributed by atoms with Gasteiger partial charge in [-0.25, -0.2) is 0 Å². The van der Waals surface area contributed by atoms with Crippen LogP contribution in [0.3, 0.4) is 0 Å². The summed E-state index contributed by atoms with van der Waals surface area (Å²) in [5.74, 6) is -18.5. The molecule has 0 bridgehead atoms. The van der Waals surface area contributed by atoms with Crippen molar-refractivity contribution < 1.29 is 57.1 Å². The molecule has 1 fully saturated rings. The third-order valence-electron chi connectivity index (χ3n) is 2.42. The molecule has 0 saturated carbocycles. The Morgan fingerprint density at radius 2 is 0.952 bits per heavy atom. The van der Waals surface area contributed by atoms with E-state index in [0.717, 1.165) is 0 Å². The second kappa shape index (κ2) is 4.16. The van der Waals surface area contributed by atoms with Crippen molar-refractivity contribution in [1.29, 1.82) is 0 Å². The van der Waals surface area contributed by atoms with E-state index in [9.17, 15) is 57.1 Å². The van der Waals surface area contributed by atoms with Gasteiger partial charge in [-0.2, -0.15) is 57.1 Å². The first-order valence-corrected chi connectivity index (χ1v) is 4.38. The fourth-order valence-corrected chi connectivity index (χ4v) is 1.40. The number of hydrogen-bond donors (Lipinski definition) is 0. The summed E-state index contributed by atoms with van der Waals surface area (Å²) in [5, 5.41) is 0. The van der Waals surface area contributed by atoms with E-state index < -0.39 is 46.8 Å². The lowest BCUT2D eigenvalue weighted by molar-refractivity contribution is -0.355. The van der Waals surface area contributed by atoms with Gasteiger partial charge in [-0.3, -0.25) is 0 Å². The summed E-state index contributed by atoms with van der Waals surface area (Å²) < 4.78 is 163. The van der Waals surface area contributed by atoms with Gasteiger partial charge in [-0.15, -0.1) is 4.90 Å². The normalized spacial score (nSPS) is 26.7. The van der Waals surface area contributed by atoms with Gasteiger partial charge in [0, 0.05) is 0 Å². The highest BCUT2D eigenvalue weighted by Crippen LogP contribution is 2.66. The maximum atomic E-state index is 12.8. The fourth-order valence-electron chi connectivity index (χ4n) is 1.40. The molecule has 1 aliphatic rings. The number of nitrogens with zero attached hydrogens (tertiary/aromatic N) is 1. The zero-order valence-electron chi connectivity index (χ0n) is 8.86. The van der Waals surface area contributed by atoms with Gasteiger partial charge >= 0.3 is 36.1 Å². The van der Waals surface area contributed by atoms with Gasteiger partial charge in [0.1, 0.15) is 0 Å². The lowest BCUT2D eigenvalue weighted by atomic mass is 10.2. The molecule has 1 rings (SSSR count). The third-order valence-corrected chi connectivity index (χ3v) is 2.42. The van der Waals surface area contributed by atoms with E-state index in [1.54, 1.807) is 0 Å². The highest BCUT2D eigenvalue weighted by Gasteiger charge is 2.96. The van der Waals surface area contributed by atoms with Crippen molar-refractivity contribution >= 4 is 0 Å². The second-order valence-electron chi connectivity index (χ2n) is 3.68. The molecule has 14 heteroatoms. The van der Waals surface area contributed by atoms with Crippen LogP contribution in [0, 0.1) is 0 Å². The maximum absolute atomic E-state index is 12.8. The minimum Gasteiger partial charge on any atom is -0.197 e. The van der Waals surface area contributed by atoms with Gasteiger partial charge in [0.25, 0.3) is 5.83 Å². The summed E-state index contributed by atoms with van der Waals surface area (Å²) in [5.41, 5.74) is 0. The van der Waals surface area contributed by atoms with Crippen LogP contribution in [0.4, 0.5) is 57.1 Å². The quantitative estimate of drug-likeness (QED) is 0.529. The summed E-state index contributed by atoms with van der Waals surface area (Å²) in [6, 6.07) is -20.9. The van der Waals surface area contributed by atoms with Crippen molar-refractivity contribution in [3.8, 4) is 0 Å². The molecular formula is C7F13N. The van der Waals surface area contributed by atoms with Crippen LogP contribution in [0.15, 0.2) is 11.9 Å². The van der Waals surface area contributed by atoms with Crippen LogP contribution in [0.1, 0.15) is 0 Å². The third kappa shape index (κ3) is 1.83. The number of alkyl halides is 10. The summed E-state index contributed by atoms with van der Waals surface area (Å²) in [7, 11) is 0. The Hall–Kier alpha value is -1.21. The van der Waals surface area contributed by atoms with Crippen molar-refractivity contribution in [2.75, 3.05) is 0 Å². The molecule has 21 heavy (non-hydrogen) atoms. The van der Waals surface area contributed by atoms with E-state index in [1.165, 1.54) is 0 Å². The van der Waals surface area contributed by atoms with Gasteiger partial charge in [0.15, 0.2) is 0 Å². The summed E-state index contributed by atoms with van der Waals surface area (Å²) in [4.78, 5) is -3.57. The highest BCUT2D eigenvalue weighted by atomic mass is 19.4. The molecule has 0 unspecified atom stereocenters. The average molecular weight is 345 g/mol. The van der Waals surface area contributed by atoms with Crippen molar-refractivity contribution in [3.63, 3.8) is 0 Å². The maximum Gasteiger partial charge on any atom is 0.394 e. The SMILES string of the molecule is FC(F)=C(F)C(F)(F)N1C(F)(F)C(F)(F)C(F)(F)C1(F)F. The van der Waals surface area contributed by atoms with Gasteiger partial charge < -0.3 is 0 Å². The van der Waals surface area contributed by atoms with E-state index in [-0.39, 0.29) is 0 Å². The van der Waals surface area contributed by atoms with Crippen LogP contribution in [0.5, 0.6) is 0 Å². The largest absolute Gasteiger partial charge is 0.394 e. The molecule has 0 aromatic carbocycles. The average Bonchev–Trinajstić information content (AvgIpc) is 2.31. The monoisotopic (exact) mass is 345 g/mol. The van der Waals surface area contributed by atoms with Crippen LogP contribution in [-0.2, 0) is 0 Å². The number of rotatable bonds is 2. The van der Waals surface area contributed by atoms with Gasteiger partial charge in [-0.1, -0.05) is 0 Å². The number of hydrogen-bond acceptors (Lipinski definition) is 1. The number of likely N-dealkylation sites (tertiary alicyclic amines) is 1. The molecule has 0 aromatic rings. The molecule has 0 spiro atoms. The van der Waals surface area contributed by atoms with Crippen LogP contribution < -0.4 is 0 Å². The van der Waals surface area contributed by atoms with Crippen LogP contribution in [0.25, 0.3) is 0 Å². The molecule has 0 aliphatic carbocycles. The first-order valence-electron chi connectivity index (χ1n) is 4.38. The molecule has 124 valence electrons. The van der Waals surface area contributed by atoms with E-state index in [0.29, 0.717) is 0 Å². The minimum atomic E-state index is -7.08. The Balaban J connectivity index is 3.67. The molecular weight excluding hydrogens is 345 g/mol. The van der Waals surface area contributed by atoms with Crippen LogP contribution in [0.2, 0.25) is 0 Å². The molecule has 0 radical (unpaired) electrons. The molecule has 0 aromatic heterocycles. The van der Waals surface area contributed by atoms with Crippen molar-refractivity contribution in [2.24, 2.45) is 0 Å². The molecule has 1 nitrogen and oxygen atoms in total. The van der Waals surface area contributed by atoms with E-state index in [1.807, 2.05) is 0 Å². The van der Waals surface area contributed by atoms with Gasteiger partial charge in [0.2, 0.25) is 0 Å². The van der Waals surface area contributed by atoms with E-state index in [2.05, 4.69) is 0 Å². The predicted molar refractivity (Wildman–Crippen MR) is 36.9 cm³/mol. The summed E-state index contributed by atoms with van der Waals surface area (Å²) in [6.45, 7) is 0. The zero-order chi connectivity index (χ0) is 17.2. The fraction of sp³-hybridized carbons (Fsp3) is 0.714. The topological polar surface area (TPSA) is 3.24 Å². The molecule has 0 amide bonds. The Morgan fingerprint density at radius 3 is 1.19 bits per heavy atom. The van der Waals surface area contributed by atoms with Crippen molar-refractivity contribution in [1.82, 2.24) is 4.90 Å². The highest BCUT2D eigenvalue weighted by molar-refractivity contribution is 5.18. The van der Waals surface area contributed by atoms with Gasteiger partial charge in [0.05, 0.1) is 0 Å². The lowest BCUT2D eigenvalue weighted by Crippen LogP contribution is -2.59. The molecule has 1 aliphatic heterocycles. The van der Waals surface area contributed by atoms with E-state index >= 15 is 0 Å². The standard InChI is InChI=1S/C7F13N/c8-1(2(9)10)3(11,12)21-6(17,18)4(13,14)5(15,16)7(21,19)20. The van der Waals surface area contributed by atoms with Crippen molar-refractivity contribution in [2.45, 2.75) is 30.0 Å². The Morgan fingerprint density at radius 1 is 0.667 bits per heavy atom. The van der Waals surface area contributed by atoms with Gasteiger partial charge in [-0.05, 0) is 0 Å². The smallest absolute Gasteiger partial charge is 0.197 e. The van der Waals surface area contributed by atoms with Crippen molar-refractivity contribution in [3.05, 3.63) is 11.9 Å². The lowest BCUT2D eigenvalue weighted by Gasteiger charge is -2.33. The van der Waals surface area contributed by atoms with Crippen LogP contribution in [-0.4, -0.2) is 34.9 Å². The van der Waals surface area contributed by atoms with E-state index in [4.69, 9.17) is 0 Å². The summed E-state index contributed by atoms with van der Waals surface area (Å²) >= 11 is 0. The zero-order valence-corrected chi connectivity index (χ0v) is 8.86.